The van der Waals surface area contributed by atoms with Crippen LogP contribution < -0.4 is 5.73 Å². The van der Waals surface area contributed by atoms with E-state index in [4.69, 9.17) is 5.73 Å². The van der Waals surface area contributed by atoms with Crippen molar-refractivity contribution in [1.82, 2.24) is 4.90 Å². The van der Waals surface area contributed by atoms with Crippen molar-refractivity contribution >= 4 is 11.8 Å². The van der Waals surface area contributed by atoms with Gasteiger partial charge in [-0.25, -0.2) is 0 Å². The highest BCUT2D eigenvalue weighted by atomic mass is 19.3. The number of rotatable bonds is 4. The van der Waals surface area contributed by atoms with Crippen molar-refractivity contribution in [2.24, 2.45) is 11.7 Å². The molecule has 6 heteroatoms. The summed E-state index contributed by atoms with van der Waals surface area (Å²) in [5.74, 6) is -1.42. The molecule has 2 N–H and O–H groups in total. The van der Waals surface area contributed by atoms with Crippen LogP contribution in [0.2, 0.25) is 0 Å². The Balaban J connectivity index is 2.74. The molecule has 1 fully saturated rings. The van der Waals surface area contributed by atoms with E-state index in [0.29, 0.717) is 6.42 Å². The van der Waals surface area contributed by atoms with Crippen molar-refractivity contribution in [2.45, 2.75) is 25.8 Å². The highest BCUT2D eigenvalue weighted by Crippen LogP contribution is 2.23. The molecule has 4 nitrogen and oxygen atoms in total. The molecule has 1 aliphatic rings. The van der Waals surface area contributed by atoms with E-state index in [-0.39, 0.29) is 18.9 Å². The van der Waals surface area contributed by atoms with Crippen molar-refractivity contribution in [1.29, 1.82) is 0 Å². The zero-order valence-electron chi connectivity index (χ0n) is 8.95. The molecule has 0 saturated carbocycles. The minimum atomic E-state index is -1.80. The van der Waals surface area contributed by atoms with Gasteiger partial charge < -0.3 is 10.6 Å². The molecular formula is C10H14F2N2O2. The van der Waals surface area contributed by atoms with Crippen LogP contribution in [0.5, 0.6) is 0 Å². The fraction of sp³-hybridized carbons (Fsp3) is 0.600. The summed E-state index contributed by atoms with van der Waals surface area (Å²) in [7, 11) is 0. The van der Waals surface area contributed by atoms with E-state index < -0.39 is 23.9 Å². The maximum Gasteiger partial charge on any atom is 0.266 e. The number of carbonyl (C=O) groups is 2. The van der Waals surface area contributed by atoms with E-state index in [0.717, 1.165) is 6.08 Å². The number of nitrogens with two attached hydrogens (primary N) is 1. The minimum Gasteiger partial charge on any atom is -0.368 e. The third-order valence-electron chi connectivity index (χ3n) is 2.64. The van der Waals surface area contributed by atoms with Crippen LogP contribution in [0, 0.1) is 5.92 Å². The van der Waals surface area contributed by atoms with Gasteiger partial charge in [-0.2, -0.15) is 8.78 Å². The average molecular weight is 232 g/mol. The number of nitrogens with zero attached hydrogens (tertiary/aromatic N) is 1. The predicted molar refractivity (Wildman–Crippen MR) is 53.4 cm³/mol. The summed E-state index contributed by atoms with van der Waals surface area (Å²) < 4.78 is 24.0. The molecule has 1 aliphatic heterocycles. The first-order chi connectivity index (χ1) is 7.45. The van der Waals surface area contributed by atoms with Gasteiger partial charge in [0.1, 0.15) is 6.04 Å². The lowest BCUT2D eigenvalue weighted by molar-refractivity contribution is -0.136. The van der Waals surface area contributed by atoms with E-state index in [1.54, 1.807) is 6.92 Å². The Labute approximate surface area is 92.1 Å². The van der Waals surface area contributed by atoms with Gasteiger partial charge in [-0.05, 0) is 12.5 Å². The van der Waals surface area contributed by atoms with Crippen LogP contribution in [-0.2, 0) is 9.59 Å². The summed E-state index contributed by atoms with van der Waals surface area (Å²) in [4.78, 5) is 23.9. The zero-order valence-corrected chi connectivity index (χ0v) is 8.95. The Morgan fingerprint density at radius 1 is 1.69 bits per heavy atom. The molecule has 1 rings (SSSR count). The Morgan fingerprint density at radius 2 is 2.31 bits per heavy atom. The SMILES string of the molecule is CC[C@@H](C(N)=O)N1CC(C=C(F)F)CC1=O. The second-order valence-corrected chi connectivity index (χ2v) is 3.79. The number of halogens is 2. The predicted octanol–water partition coefficient (Wildman–Crippen LogP) is 0.879. The number of carbonyl (C=O) groups excluding carboxylic acids is 2. The number of likely N-dealkylation sites (tertiary alicyclic amines) is 1. The van der Waals surface area contributed by atoms with Crippen LogP contribution in [0.4, 0.5) is 8.78 Å². The van der Waals surface area contributed by atoms with E-state index in [9.17, 15) is 18.4 Å². The third-order valence-corrected chi connectivity index (χ3v) is 2.64. The molecule has 1 unspecified atom stereocenters. The van der Waals surface area contributed by atoms with Gasteiger partial charge in [0, 0.05) is 18.9 Å². The van der Waals surface area contributed by atoms with Crippen LogP contribution in [0.25, 0.3) is 0 Å². The molecule has 0 aliphatic carbocycles. The van der Waals surface area contributed by atoms with E-state index >= 15 is 0 Å². The molecule has 2 atom stereocenters. The van der Waals surface area contributed by atoms with Crippen LogP contribution in [0.15, 0.2) is 12.2 Å². The number of amides is 2. The van der Waals surface area contributed by atoms with E-state index in [1.807, 2.05) is 0 Å². The topological polar surface area (TPSA) is 63.4 Å². The van der Waals surface area contributed by atoms with Gasteiger partial charge in [0.15, 0.2) is 0 Å². The molecule has 1 heterocycles. The Hall–Kier alpha value is -1.46. The van der Waals surface area contributed by atoms with Crippen LogP contribution >= 0.6 is 0 Å². The van der Waals surface area contributed by atoms with Crippen molar-refractivity contribution < 1.29 is 18.4 Å². The molecule has 0 aromatic heterocycles. The first kappa shape index (κ1) is 12.6. The maximum absolute atomic E-state index is 12.0. The second-order valence-electron chi connectivity index (χ2n) is 3.79. The molecule has 0 radical (unpaired) electrons. The van der Waals surface area contributed by atoms with Gasteiger partial charge in [0.05, 0.1) is 0 Å². The van der Waals surface area contributed by atoms with Crippen molar-refractivity contribution in [3.63, 3.8) is 0 Å². The van der Waals surface area contributed by atoms with Crippen LogP contribution in [0.1, 0.15) is 19.8 Å². The highest BCUT2D eigenvalue weighted by Gasteiger charge is 2.35. The first-order valence-corrected chi connectivity index (χ1v) is 5.07. The fourth-order valence-electron chi connectivity index (χ4n) is 1.93. The van der Waals surface area contributed by atoms with Gasteiger partial charge in [-0.15, -0.1) is 0 Å². The zero-order chi connectivity index (χ0) is 12.3. The van der Waals surface area contributed by atoms with Gasteiger partial charge in [0.25, 0.3) is 6.08 Å². The molecule has 0 aromatic carbocycles. The molecule has 16 heavy (non-hydrogen) atoms. The first-order valence-electron chi connectivity index (χ1n) is 5.07. The summed E-state index contributed by atoms with van der Waals surface area (Å²) >= 11 is 0. The number of hydrogen-bond acceptors (Lipinski definition) is 2. The van der Waals surface area contributed by atoms with Crippen LogP contribution in [0.3, 0.4) is 0 Å². The quantitative estimate of drug-likeness (QED) is 0.782. The maximum atomic E-state index is 12.0. The van der Waals surface area contributed by atoms with Crippen LogP contribution in [-0.4, -0.2) is 29.3 Å². The average Bonchev–Trinajstić information content (AvgIpc) is 2.46. The Morgan fingerprint density at radius 3 is 2.75 bits per heavy atom. The molecule has 0 aromatic rings. The second kappa shape index (κ2) is 5.05. The van der Waals surface area contributed by atoms with Crippen molar-refractivity contribution in [3.8, 4) is 0 Å². The molecule has 2 amide bonds. The standard InChI is InChI=1S/C10H14F2N2O2/c1-2-7(10(13)16)14-5-6(3-8(11)12)4-9(14)15/h3,6-7H,2,4-5H2,1H3,(H2,13,16)/t6?,7-/m0/s1. The summed E-state index contributed by atoms with van der Waals surface area (Å²) in [6.45, 7) is 1.86. The fourth-order valence-corrected chi connectivity index (χ4v) is 1.93. The lowest BCUT2D eigenvalue weighted by atomic mass is 10.1. The Bertz CT molecular complexity index is 327. The molecule has 0 bridgehead atoms. The molecule has 0 spiro atoms. The van der Waals surface area contributed by atoms with Gasteiger partial charge in [-0.1, -0.05) is 6.92 Å². The summed E-state index contributed by atoms with van der Waals surface area (Å²) in [6.07, 6.45) is -0.630. The summed E-state index contributed by atoms with van der Waals surface area (Å²) in [6, 6.07) is -0.687. The number of primary amides is 1. The van der Waals surface area contributed by atoms with Gasteiger partial charge in [-0.3, -0.25) is 9.59 Å². The summed E-state index contributed by atoms with van der Waals surface area (Å²) in [5.41, 5.74) is 5.14. The lowest BCUT2D eigenvalue weighted by Gasteiger charge is -2.23. The molecule has 1 saturated heterocycles. The van der Waals surface area contributed by atoms with Gasteiger partial charge in [0.2, 0.25) is 11.8 Å². The monoisotopic (exact) mass is 232 g/mol. The largest absolute Gasteiger partial charge is 0.368 e. The Kier molecular flexibility index (Phi) is 3.98. The third kappa shape index (κ3) is 2.77. The van der Waals surface area contributed by atoms with Gasteiger partial charge >= 0.3 is 0 Å². The van der Waals surface area contributed by atoms with E-state index in [1.165, 1.54) is 4.90 Å². The minimum absolute atomic E-state index is 0.0150. The van der Waals surface area contributed by atoms with Crippen molar-refractivity contribution in [3.05, 3.63) is 12.2 Å². The molecule has 90 valence electrons. The number of hydrogen-bond donors (Lipinski definition) is 1. The highest BCUT2D eigenvalue weighted by molar-refractivity contribution is 5.87. The summed E-state index contributed by atoms with van der Waals surface area (Å²) in [5, 5.41) is 0. The lowest BCUT2D eigenvalue weighted by Crippen LogP contribution is -2.45. The van der Waals surface area contributed by atoms with E-state index in [2.05, 4.69) is 0 Å². The van der Waals surface area contributed by atoms with Crippen molar-refractivity contribution in [2.75, 3.05) is 6.54 Å². The normalized spacial score (nSPS) is 22.1. The molecular weight excluding hydrogens is 218 g/mol. The smallest absolute Gasteiger partial charge is 0.266 e.